The molecule has 0 atom stereocenters. The van der Waals surface area contributed by atoms with E-state index < -0.39 is 15.6 Å². The minimum atomic E-state index is -3.24. The van der Waals surface area contributed by atoms with Crippen molar-refractivity contribution in [2.45, 2.75) is 19.4 Å². The van der Waals surface area contributed by atoms with Crippen LogP contribution in [0.1, 0.15) is 13.8 Å². The smallest absolute Gasteiger partial charge is 0.209 e. The summed E-state index contributed by atoms with van der Waals surface area (Å²) in [4.78, 5) is 4.03. The van der Waals surface area contributed by atoms with Gasteiger partial charge in [0.1, 0.15) is 0 Å². The number of aliphatic imine (C=N–C) groups is 1. The monoisotopic (exact) mass is 376 g/mol. The quantitative estimate of drug-likeness (QED) is 0.264. The first-order chi connectivity index (χ1) is 7.16. The van der Waals surface area contributed by atoms with Gasteiger partial charge in [-0.3, -0.25) is 4.99 Å². The van der Waals surface area contributed by atoms with Crippen LogP contribution in [0.15, 0.2) is 17.6 Å². The average Bonchev–Trinajstić information content (AvgIpc) is 2.07. The summed E-state index contributed by atoms with van der Waals surface area (Å²) >= 11 is 0. The predicted molar refractivity (Wildman–Crippen MR) is 82.2 cm³/mol. The second-order valence-electron chi connectivity index (χ2n) is 4.13. The third kappa shape index (κ3) is 11.9. The van der Waals surface area contributed by atoms with Crippen LogP contribution >= 0.6 is 24.0 Å². The van der Waals surface area contributed by atoms with Crippen LogP contribution in [0.5, 0.6) is 0 Å². The number of sulfonamides is 1. The Bertz CT molecular complexity index is 365. The van der Waals surface area contributed by atoms with Crippen LogP contribution in [0.2, 0.25) is 0 Å². The fourth-order valence-electron chi connectivity index (χ4n) is 1.05. The molecule has 0 rings (SSSR count). The molecule has 0 aromatic heterocycles. The molecule has 17 heavy (non-hydrogen) atoms. The summed E-state index contributed by atoms with van der Waals surface area (Å²) in [6, 6.07) is 0. The minimum Gasteiger partial charge on any atom is -0.370 e. The number of nitrogens with zero attached hydrogens (tertiary/aromatic N) is 1. The molecule has 0 saturated heterocycles. The molecule has 0 aromatic carbocycles. The Balaban J connectivity index is 0. The molecular formula is C9H21IN4O2S. The number of guanidine groups is 1. The first kappa shape index (κ1) is 19.0. The molecule has 4 N–H and O–H groups in total. The number of hydrogen-bond acceptors (Lipinski definition) is 3. The fraction of sp³-hybridized carbons (Fsp3) is 0.667. The van der Waals surface area contributed by atoms with E-state index in [1.54, 1.807) is 19.9 Å². The topological polar surface area (TPSA) is 96.6 Å². The molecule has 6 nitrogen and oxygen atoms in total. The van der Waals surface area contributed by atoms with Crippen LogP contribution in [-0.4, -0.2) is 39.3 Å². The molecule has 0 amide bonds. The van der Waals surface area contributed by atoms with Crippen LogP contribution < -0.4 is 15.8 Å². The van der Waals surface area contributed by atoms with Crippen molar-refractivity contribution in [3.05, 3.63) is 12.7 Å². The van der Waals surface area contributed by atoms with Crippen LogP contribution in [0.3, 0.4) is 0 Å². The van der Waals surface area contributed by atoms with E-state index in [4.69, 9.17) is 5.73 Å². The fourth-order valence-corrected chi connectivity index (χ4v) is 2.12. The van der Waals surface area contributed by atoms with Gasteiger partial charge in [-0.15, -0.1) is 30.6 Å². The van der Waals surface area contributed by atoms with Crippen molar-refractivity contribution < 1.29 is 8.42 Å². The van der Waals surface area contributed by atoms with Gasteiger partial charge in [0.15, 0.2) is 5.96 Å². The molecule has 0 saturated carbocycles. The zero-order chi connectivity index (χ0) is 12.8. The first-order valence-corrected chi connectivity index (χ1v) is 6.69. The van der Waals surface area contributed by atoms with E-state index in [-0.39, 0.29) is 36.5 Å². The lowest BCUT2D eigenvalue weighted by atomic mass is 10.1. The Morgan fingerprint density at radius 1 is 1.53 bits per heavy atom. The lowest BCUT2D eigenvalue weighted by Crippen LogP contribution is -2.46. The van der Waals surface area contributed by atoms with Crippen LogP contribution in [-0.2, 0) is 10.0 Å². The van der Waals surface area contributed by atoms with E-state index in [0.29, 0.717) is 6.54 Å². The van der Waals surface area contributed by atoms with Gasteiger partial charge in [-0.2, -0.15) is 0 Å². The summed E-state index contributed by atoms with van der Waals surface area (Å²) in [7, 11) is -3.24. The Morgan fingerprint density at radius 3 is 2.47 bits per heavy atom. The molecular weight excluding hydrogens is 355 g/mol. The molecule has 0 radical (unpaired) electrons. The summed E-state index contributed by atoms with van der Waals surface area (Å²) in [5.74, 6) is 0.267. The van der Waals surface area contributed by atoms with Gasteiger partial charge in [0.2, 0.25) is 10.0 Å². The zero-order valence-corrected chi connectivity index (χ0v) is 13.5. The molecule has 0 aromatic rings. The van der Waals surface area contributed by atoms with Gasteiger partial charge in [-0.05, 0) is 13.8 Å². The summed E-state index contributed by atoms with van der Waals surface area (Å²) in [5.41, 5.74) is 4.89. The molecule has 0 aliphatic rings. The Hall–Kier alpha value is -0.350. The lowest BCUT2D eigenvalue weighted by molar-refractivity contribution is 0.465. The molecule has 0 aliphatic heterocycles. The maximum absolute atomic E-state index is 11.0. The van der Waals surface area contributed by atoms with E-state index in [9.17, 15) is 8.42 Å². The Morgan fingerprint density at radius 2 is 2.06 bits per heavy atom. The number of rotatable bonds is 6. The molecule has 102 valence electrons. The highest BCUT2D eigenvalue weighted by Gasteiger charge is 2.21. The highest BCUT2D eigenvalue weighted by Crippen LogP contribution is 2.03. The Kier molecular flexibility index (Phi) is 8.80. The molecule has 8 heteroatoms. The number of halogens is 1. The second-order valence-corrected chi connectivity index (χ2v) is 5.88. The summed E-state index contributed by atoms with van der Waals surface area (Å²) in [6.45, 7) is 7.78. The molecule has 0 aliphatic carbocycles. The zero-order valence-electron chi connectivity index (χ0n) is 10.4. The second kappa shape index (κ2) is 7.88. The molecule has 0 spiro atoms. The number of nitrogens with one attached hydrogen (secondary N) is 2. The van der Waals surface area contributed by atoms with Crippen molar-refractivity contribution >= 4 is 40.0 Å². The van der Waals surface area contributed by atoms with E-state index in [1.165, 1.54) is 0 Å². The van der Waals surface area contributed by atoms with Gasteiger partial charge in [0, 0.05) is 12.1 Å². The Labute approximate surface area is 120 Å². The van der Waals surface area contributed by atoms with Crippen molar-refractivity contribution in [3.63, 3.8) is 0 Å². The van der Waals surface area contributed by atoms with Crippen LogP contribution in [0.25, 0.3) is 0 Å². The van der Waals surface area contributed by atoms with Gasteiger partial charge < -0.3 is 11.1 Å². The largest absolute Gasteiger partial charge is 0.370 e. The maximum Gasteiger partial charge on any atom is 0.209 e. The molecule has 0 unspecified atom stereocenters. The van der Waals surface area contributed by atoms with E-state index in [2.05, 4.69) is 21.6 Å². The summed E-state index contributed by atoms with van der Waals surface area (Å²) < 4.78 is 24.6. The SMILES string of the molecule is C=CCNC(N)=NCC(C)(C)NS(C)(=O)=O.I. The molecule has 0 fully saturated rings. The van der Waals surface area contributed by atoms with Crippen LogP contribution in [0, 0.1) is 0 Å². The maximum atomic E-state index is 11.0. The summed E-state index contributed by atoms with van der Waals surface area (Å²) in [6.07, 6.45) is 2.76. The van der Waals surface area contributed by atoms with Crippen LogP contribution in [0.4, 0.5) is 0 Å². The summed E-state index contributed by atoms with van der Waals surface area (Å²) in [5, 5.41) is 2.80. The van der Waals surface area contributed by atoms with E-state index in [0.717, 1.165) is 6.26 Å². The van der Waals surface area contributed by atoms with Crippen molar-refractivity contribution in [1.82, 2.24) is 10.0 Å². The molecule has 0 bridgehead atoms. The van der Waals surface area contributed by atoms with Crippen molar-refractivity contribution in [1.29, 1.82) is 0 Å². The van der Waals surface area contributed by atoms with Gasteiger partial charge in [0.05, 0.1) is 12.8 Å². The predicted octanol–water partition coefficient (Wildman–Crippen LogP) is 0.0225. The van der Waals surface area contributed by atoms with Crippen molar-refractivity contribution in [3.8, 4) is 0 Å². The molecule has 0 heterocycles. The van der Waals surface area contributed by atoms with E-state index in [1.807, 2.05) is 0 Å². The van der Waals surface area contributed by atoms with Gasteiger partial charge in [0.25, 0.3) is 0 Å². The highest BCUT2D eigenvalue weighted by molar-refractivity contribution is 14.0. The average molecular weight is 376 g/mol. The normalized spacial score (nSPS) is 12.8. The lowest BCUT2D eigenvalue weighted by Gasteiger charge is -2.22. The third-order valence-electron chi connectivity index (χ3n) is 1.53. The van der Waals surface area contributed by atoms with Crippen molar-refractivity contribution in [2.24, 2.45) is 10.7 Å². The van der Waals surface area contributed by atoms with Gasteiger partial charge in [-0.25, -0.2) is 13.1 Å². The first-order valence-electron chi connectivity index (χ1n) is 4.80. The highest BCUT2D eigenvalue weighted by atomic mass is 127. The standard InChI is InChI=1S/C9H20N4O2S.HI/c1-5-6-11-8(10)12-7-9(2,3)13-16(4,14)15;/h5,13H,1,6-7H2,2-4H3,(H3,10,11,12);1H. The number of nitrogens with two attached hydrogens (primary N) is 1. The van der Waals surface area contributed by atoms with Crippen molar-refractivity contribution in [2.75, 3.05) is 19.3 Å². The third-order valence-corrected chi connectivity index (χ3v) is 2.46. The van der Waals surface area contributed by atoms with Gasteiger partial charge in [-0.1, -0.05) is 6.08 Å². The number of hydrogen-bond donors (Lipinski definition) is 3. The van der Waals surface area contributed by atoms with Gasteiger partial charge >= 0.3 is 0 Å². The minimum absolute atomic E-state index is 0. The van der Waals surface area contributed by atoms with E-state index >= 15 is 0 Å².